The summed E-state index contributed by atoms with van der Waals surface area (Å²) in [5.74, 6) is 1.62. The van der Waals surface area contributed by atoms with Crippen LogP contribution in [0.3, 0.4) is 0 Å². The maximum absolute atomic E-state index is 14.8. The highest BCUT2D eigenvalue weighted by Gasteiger charge is 2.21. The van der Waals surface area contributed by atoms with Gasteiger partial charge in [0.1, 0.15) is 10.8 Å². The first-order valence-corrected chi connectivity index (χ1v) is 11.1. The van der Waals surface area contributed by atoms with E-state index in [4.69, 9.17) is 16.3 Å². The summed E-state index contributed by atoms with van der Waals surface area (Å²) in [6.07, 6.45) is 5.60. The highest BCUT2D eigenvalue weighted by molar-refractivity contribution is 6.32. The Hall–Kier alpha value is -1.96. The van der Waals surface area contributed by atoms with Crippen molar-refractivity contribution in [1.29, 1.82) is 0 Å². The van der Waals surface area contributed by atoms with Crippen molar-refractivity contribution in [2.24, 2.45) is 5.92 Å². The minimum Gasteiger partial charge on any atom is -0.381 e. The molecule has 2 N–H and O–H groups in total. The van der Waals surface area contributed by atoms with Crippen LogP contribution in [-0.2, 0) is 4.74 Å². The van der Waals surface area contributed by atoms with E-state index in [1.807, 2.05) is 12.1 Å². The molecular formula is C22H29ClFN5O. The normalized spacial score (nSPS) is 19.0. The monoisotopic (exact) mass is 433 g/mol. The molecule has 2 fully saturated rings. The largest absolute Gasteiger partial charge is 0.381 e. The molecule has 6 nitrogen and oxygen atoms in total. The Balaban J connectivity index is 1.40. The predicted molar refractivity (Wildman–Crippen MR) is 118 cm³/mol. The number of nitrogens with zero attached hydrogens (tertiary/aromatic N) is 3. The van der Waals surface area contributed by atoms with Crippen LogP contribution < -0.4 is 10.6 Å². The summed E-state index contributed by atoms with van der Waals surface area (Å²) in [5, 5.41) is 6.89. The molecule has 162 valence electrons. The van der Waals surface area contributed by atoms with E-state index in [1.54, 1.807) is 6.20 Å². The number of ether oxygens (including phenoxy) is 1. The summed E-state index contributed by atoms with van der Waals surface area (Å²) >= 11 is 6.26. The Labute approximate surface area is 182 Å². The molecule has 3 heterocycles. The van der Waals surface area contributed by atoms with Crippen molar-refractivity contribution in [3.05, 3.63) is 40.8 Å². The lowest BCUT2D eigenvalue weighted by Crippen LogP contribution is -2.29. The van der Waals surface area contributed by atoms with Gasteiger partial charge in [-0.2, -0.15) is 4.98 Å². The first-order chi connectivity index (χ1) is 14.6. The maximum Gasteiger partial charge on any atom is 0.229 e. The van der Waals surface area contributed by atoms with Crippen LogP contribution in [0.15, 0.2) is 24.4 Å². The number of likely N-dealkylation sites (tertiary alicyclic amines) is 1. The second-order valence-corrected chi connectivity index (χ2v) is 8.67. The van der Waals surface area contributed by atoms with Gasteiger partial charge in [0.05, 0.1) is 6.20 Å². The van der Waals surface area contributed by atoms with Gasteiger partial charge in [0.2, 0.25) is 5.95 Å². The molecule has 0 saturated carbocycles. The highest BCUT2D eigenvalue weighted by Crippen LogP contribution is 2.31. The first-order valence-electron chi connectivity index (χ1n) is 10.7. The third-order valence-electron chi connectivity index (χ3n) is 6.06. The van der Waals surface area contributed by atoms with Gasteiger partial charge in [-0.3, -0.25) is 0 Å². The average Bonchev–Trinajstić information content (AvgIpc) is 2.76. The van der Waals surface area contributed by atoms with E-state index < -0.39 is 0 Å². The van der Waals surface area contributed by atoms with E-state index in [-0.39, 0.29) is 11.7 Å². The van der Waals surface area contributed by atoms with Crippen molar-refractivity contribution in [1.82, 2.24) is 14.9 Å². The molecule has 0 radical (unpaired) electrons. The van der Waals surface area contributed by atoms with E-state index in [2.05, 4.69) is 32.5 Å². The molecule has 0 spiro atoms. The lowest BCUT2D eigenvalue weighted by atomic mass is 9.89. The molecule has 2 aromatic rings. The van der Waals surface area contributed by atoms with Gasteiger partial charge in [-0.05, 0) is 75.4 Å². The third-order valence-corrected chi connectivity index (χ3v) is 6.33. The minimum atomic E-state index is -0.179. The molecule has 0 amide bonds. The number of nitrogens with one attached hydrogen (secondary N) is 2. The third kappa shape index (κ3) is 5.39. The minimum absolute atomic E-state index is 0.179. The Morgan fingerprint density at radius 2 is 1.97 bits per heavy atom. The van der Waals surface area contributed by atoms with Crippen LogP contribution in [-0.4, -0.2) is 54.8 Å². The van der Waals surface area contributed by atoms with Crippen LogP contribution in [0, 0.1) is 11.7 Å². The van der Waals surface area contributed by atoms with E-state index in [1.165, 1.54) is 6.07 Å². The van der Waals surface area contributed by atoms with Crippen LogP contribution in [0.2, 0.25) is 5.02 Å². The molecule has 0 aliphatic carbocycles. The standard InChI is InChI=1S/C22H29ClFN5O/c1-29-8-4-16(5-9-29)18-3-2-17(12-20(18)24)27-22-26-14-19(23)21(28-22)25-13-15-6-10-30-11-7-15/h2-3,12,14-16H,4-11,13H2,1H3,(H2,25,26,27,28). The number of anilines is 3. The van der Waals surface area contributed by atoms with Crippen LogP contribution in [0.25, 0.3) is 0 Å². The number of rotatable bonds is 6. The molecule has 0 unspecified atom stereocenters. The zero-order chi connectivity index (χ0) is 20.9. The van der Waals surface area contributed by atoms with Gasteiger partial charge in [-0.15, -0.1) is 0 Å². The number of hydrogen-bond donors (Lipinski definition) is 2. The van der Waals surface area contributed by atoms with Crippen molar-refractivity contribution < 1.29 is 9.13 Å². The SMILES string of the molecule is CN1CCC(c2ccc(Nc3ncc(Cl)c(NCC4CCOCC4)n3)cc2F)CC1. The summed E-state index contributed by atoms with van der Waals surface area (Å²) in [5.41, 5.74) is 1.42. The number of hydrogen-bond acceptors (Lipinski definition) is 6. The lowest BCUT2D eigenvalue weighted by Gasteiger charge is -2.29. The van der Waals surface area contributed by atoms with Crippen molar-refractivity contribution >= 4 is 29.1 Å². The predicted octanol–water partition coefficient (Wildman–Crippen LogP) is 4.66. The summed E-state index contributed by atoms with van der Waals surface area (Å²) in [7, 11) is 2.11. The molecule has 2 saturated heterocycles. The zero-order valence-electron chi connectivity index (χ0n) is 17.3. The summed E-state index contributed by atoms with van der Waals surface area (Å²) in [6, 6.07) is 5.30. The number of halogens is 2. The second-order valence-electron chi connectivity index (χ2n) is 8.27. The Bertz CT molecular complexity index is 853. The molecular weight excluding hydrogens is 405 g/mol. The smallest absolute Gasteiger partial charge is 0.229 e. The molecule has 0 atom stereocenters. The number of benzene rings is 1. The van der Waals surface area contributed by atoms with Crippen molar-refractivity contribution in [2.75, 3.05) is 50.5 Å². The number of aromatic nitrogens is 2. The summed E-state index contributed by atoms with van der Waals surface area (Å²) in [4.78, 5) is 11.0. The van der Waals surface area contributed by atoms with E-state index in [0.29, 0.717) is 28.4 Å². The quantitative estimate of drug-likeness (QED) is 0.690. The van der Waals surface area contributed by atoms with Gasteiger partial charge in [-0.1, -0.05) is 17.7 Å². The summed E-state index contributed by atoms with van der Waals surface area (Å²) < 4.78 is 20.2. The van der Waals surface area contributed by atoms with Crippen molar-refractivity contribution in [3.8, 4) is 0 Å². The summed E-state index contributed by atoms with van der Waals surface area (Å²) in [6.45, 7) is 4.41. The molecule has 8 heteroatoms. The van der Waals surface area contributed by atoms with E-state index in [0.717, 1.165) is 64.1 Å². The van der Waals surface area contributed by atoms with Crippen LogP contribution in [0.5, 0.6) is 0 Å². The van der Waals surface area contributed by atoms with Gasteiger partial charge in [0.25, 0.3) is 0 Å². The molecule has 1 aromatic carbocycles. The number of piperidine rings is 1. The van der Waals surface area contributed by atoms with Crippen LogP contribution >= 0.6 is 11.6 Å². The van der Waals surface area contributed by atoms with Gasteiger partial charge in [-0.25, -0.2) is 9.37 Å². The Morgan fingerprint density at radius 1 is 1.20 bits per heavy atom. The highest BCUT2D eigenvalue weighted by atomic mass is 35.5. The van der Waals surface area contributed by atoms with Crippen LogP contribution in [0.1, 0.15) is 37.2 Å². The molecule has 0 bridgehead atoms. The molecule has 2 aliphatic rings. The fourth-order valence-corrected chi connectivity index (χ4v) is 4.29. The molecule has 2 aliphatic heterocycles. The topological polar surface area (TPSA) is 62.3 Å². The average molecular weight is 434 g/mol. The molecule has 4 rings (SSSR count). The maximum atomic E-state index is 14.8. The van der Waals surface area contributed by atoms with Gasteiger partial charge in [0, 0.05) is 25.4 Å². The second kappa shape index (κ2) is 9.90. The Kier molecular flexibility index (Phi) is 7.02. The lowest BCUT2D eigenvalue weighted by molar-refractivity contribution is 0.0699. The van der Waals surface area contributed by atoms with Gasteiger partial charge >= 0.3 is 0 Å². The van der Waals surface area contributed by atoms with Gasteiger partial charge in [0.15, 0.2) is 5.82 Å². The van der Waals surface area contributed by atoms with Crippen molar-refractivity contribution in [3.63, 3.8) is 0 Å². The van der Waals surface area contributed by atoms with E-state index >= 15 is 0 Å². The fraction of sp³-hybridized carbons (Fsp3) is 0.545. The first kappa shape index (κ1) is 21.3. The van der Waals surface area contributed by atoms with Gasteiger partial charge < -0.3 is 20.3 Å². The molecule has 30 heavy (non-hydrogen) atoms. The zero-order valence-corrected chi connectivity index (χ0v) is 18.1. The van der Waals surface area contributed by atoms with Crippen molar-refractivity contribution in [2.45, 2.75) is 31.6 Å². The van der Waals surface area contributed by atoms with E-state index in [9.17, 15) is 4.39 Å². The molecule has 1 aromatic heterocycles. The Morgan fingerprint density at radius 3 is 2.70 bits per heavy atom. The fourth-order valence-electron chi connectivity index (χ4n) is 4.13. The van der Waals surface area contributed by atoms with Crippen LogP contribution in [0.4, 0.5) is 21.8 Å².